The Kier molecular flexibility index (Phi) is 10.4. The lowest BCUT2D eigenvalue weighted by Crippen LogP contribution is -2.33. The summed E-state index contributed by atoms with van der Waals surface area (Å²) in [6, 6.07) is 0. The second-order valence-electron chi connectivity index (χ2n) is 4.10. The van der Waals surface area contributed by atoms with E-state index >= 15 is 0 Å². The zero-order valence-electron chi connectivity index (χ0n) is 11.1. The van der Waals surface area contributed by atoms with Crippen LogP contribution in [0.4, 0.5) is 0 Å². The summed E-state index contributed by atoms with van der Waals surface area (Å²) >= 11 is 1.94. The van der Waals surface area contributed by atoms with Crippen molar-refractivity contribution >= 4 is 17.6 Å². The summed E-state index contributed by atoms with van der Waals surface area (Å²) < 4.78 is 5.07. The Morgan fingerprint density at radius 3 is 2.65 bits per heavy atom. The summed E-state index contributed by atoms with van der Waals surface area (Å²) in [5, 5.41) is 12.1. The highest BCUT2D eigenvalue weighted by molar-refractivity contribution is 7.99. The first kappa shape index (κ1) is 16.5. The zero-order valence-corrected chi connectivity index (χ0v) is 11.9. The molecule has 0 aromatic rings. The van der Waals surface area contributed by atoms with E-state index in [1.54, 1.807) is 7.11 Å². The minimum atomic E-state index is 0.281. The van der Waals surface area contributed by atoms with Crippen LogP contribution in [0, 0.1) is 0 Å². The molecule has 0 aliphatic rings. The van der Waals surface area contributed by atoms with E-state index in [2.05, 4.69) is 23.9 Å². The second kappa shape index (κ2) is 10.7. The van der Waals surface area contributed by atoms with Crippen molar-refractivity contribution in [1.82, 2.24) is 4.90 Å². The van der Waals surface area contributed by atoms with Crippen LogP contribution >= 0.6 is 11.8 Å². The smallest absolute Gasteiger partial charge is 0.140 e. The normalized spacial score (nSPS) is 12.6. The second-order valence-corrected chi connectivity index (χ2v) is 5.78. The van der Waals surface area contributed by atoms with Gasteiger partial charge in [-0.2, -0.15) is 11.8 Å². The van der Waals surface area contributed by atoms with Crippen LogP contribution in [0.3, 0.4) is 0 Å². The minimum Gasteiger partial charge on any atom is -0.409 e. The number of oxime groups is 1. The number of rotatable bonds is 10. The lowest BCUT2D eigenvalue weighted by molar-refractivity contribution is 0.153. The van der Waals surface area contributed by atoms with Crippen LogP contribution in [0.15, 0.2) is 5.16 Å². The van der Waals surface area contributed by atoms with E-state index in [0.29, 0.717) is 18.3 Å². The minimum absolute atomic E-state index is 0.281. The Morgan fingerprint density at radius 2 is 2.12 bits per heavy atom. The number of hydrogen-bond donors (Lipinski definition) is 2. The molecule has 17 heavy (non-hydrogen) atoms. The molecule has 6 heteroatoms. The Bertz CT molecular complexity index is 213. The maximum atomic E-state index is 8.49. The van der Waals surface area contributed by atoms with E-state index < -0.39 is 0 Å². The summed E-state index contributed by atoms with van der Waals surface area (Å²) in [6.07, 6.45) is 0.590. The SMILES string of the molecule is COCCN(CCSC(C)C)CCC(N)=NO. The summed E-state index contributed by atoms with van der Waals surface area (Å²) in [5.74, 6) is 1.38. The van der Waals surface area contributed by atoms with Gasteiger partial charge in [0.05, 0.1) is 6.61 Å². The van der Waals surface area contributed by atoms with Gasteiger partial charge in [0, 0.05) is 38.9 Å². The first-order valence-electron chi connectivity index (χ1n) is 5.89. The van der Waals surface area contributed by atoms with Gasteiger partial charge in [-0.05, 0) is 5.25 Å². The molecule has 0 aliphatic heterocycles. The predicted molar refractivity (Wildman–Crippen MR) is 73.9 cm³/mol. The monoisotopic (exact) mass is 263 g/mol. The van der Waals surface area contributed by atoms with E-state index in [9.17, 15) is 0 Å². The molecule has 0 spiro atoms. The molecular weight excluding hydrogens is 238 g/mol. The Labute approximate surface area is 108 Å². The first-order chi connectivity index (χ1) is 8.10. The average molecular weight is 263 g/mol. The van der Waals surface area contributed by atoms with Crippen LogP contribution in [0.1, 0.15) is 20.3 Å². The molecule has 0 bridgehead atoms. The zero-order chi connectivity index (χ0) is 13.1. The highest BCUT2D eigenvalue weighted by Crippen LogP contribution is 2.09. The number of amidine groups is 1. The van der Waals surface area contributed by atoms with Crippen molar-refractivity contribution in [1.29, 1.82) is 0 Å². The van der Waals surface area contributed by atoms with E-state index in [0.717, 1.165) is 25.4 Å². The topological polar surface area (TPSA) is 71.1 Å². The predicted octanol–water partition coefficient (Wildman–Crippen LogP) is 1.21. The number of ether oxygens (including phenoxy) is 1. The van der Waals surface area contributed by atoms with Crippen molar-refractivity contribution in [2.24, 2.45) is 10.9 Å². The summed E-state index contributed by atoms with van der Waals surface area (Å²) in [7, 11) is 1.70. The molecule has 0 aromatic carbocycles. The number of methoxy groups -OCH3 is 1. The Balaban J connectivity index is 3.87. The van der Waals surface area contributed by atoms with Gasteiger partial charge in [0.25, 0.3) is 0 Å². The summed E-state index contributed by atoms with van der Waals surface area (Å²) in [6.45, 7) is 7.79. The van der Waals surface area contributed by atoms with Gasteiger partial charge < -0.3 is 15.7 Å². The van der Waals surface area contributed by atoms with Gasteiger partial charge in [0.2, 0.25) is 0 Å². The van der Waals surface area contributed by atoms with Gasteiger partial charge >= 0.3 is 0 Å². The molecule has 3 N–H and O–H groups in total. The molecule has 5 nitrogen and oxygen atoms in total. The van der Waals surface area contributed by atoms with Gasteiger partial charge in [0.15, 0.2) is 0 Å². The van der Waals surface area contributed by atoms with Crippen molar-refractivity contribution in [2.75, 3.05) is 39.1 Å². The van der Waals surface area contributed by atoms with Crippen LogP contribution in [-0.4, -0.2) is 60.3 Å². The summed E-state index contributed by atoms with van der Waals surface area (Å²) in [5.41, 5.74) is 5.46. The van der Waals surface area contributed by atoms with Gasteiger partial charge in [0.1, 0.15) is 5.84 Å². The van der Waals surface area contributed by atoms with E-state index in [1.165, 1.54) is 0 Å². The quantitative estimate of drug-likeness (QED) is 0.268. The van der Waals surface area contributed by atoms with E-state index in [-0.39, 0.29) is 5.84 Å². The van der Waals surface area contributed by atoms with Gasteiger partial charge in [-0.3, -0.25) is 4.90 Å². The largest absolute Gasteiger partial charge is 0.409 e. The van der Waals surface area contributed by atoms with Crippen LogP contribution < -0.4 is 5.73 Å². The van der Waals surface area contributed by atoms with Crippen molar-refractivity contribution in [3.8, 4) is 0 Å². The van der Waals surface area contributed by atoms with Crippen LogP contribution in [-0.2, 0) is 4.74 Å². The number of nitrogens with zero attached hydrogens (tertiary/aromatic N) is 2. The van der Waals surface area contributed by atoms with Crippen LogP contribution in [0.2, 0.25) is 0 Å². The molecule has 0 amide bonds. The third-order valence-electron chi connectivity index (χ3n) is 2.28. The van der Waals surface area contributed by atoms with Crippen LogP contribution in [0.5, 0.6) is 0 Å². The molecule has 0 rings (SSSR count). The molecule has 0 saturated heterocycles. The molecular formula is C11H25N3O2S. The average Bonchev–Trinajstić information content (AvgIpc) is 2.31. The highest BCUT2D eigenvalue weighted by atomic mass is 32.2. The van der Waals surface area contributed by atoms with Crippen molar-refractivity contribution in [2.45, 2.75) is 25.5 Å². The molecule has 0 atom stereocenters. The molecule has 0 heterocycles. The first-order valence-corrected chi connectivity index (χ1v) is 6.94. The fourth-order valence-electron chi connectivity index (χ4n) is 1.30. The number of thioether (sulfide) groups is 1. The van der Waals surface area contributed by atoms with Crippen molar-refractivity contribution in [3.05, 3.63) is 0 Å². The lowest BCUT2D eigenvalue weighted by atomic mass is 10.3. The van der Waals surface area contributed by atoms with Crippen molar-refractivity contribution in [3.63, 3.8) is 0 Å². The number of hydrogen-bond acceptors (Lipinski definition) is 5. The molecule has 102 valence electrons. The molecule has 0 saturated carbocycles. The fraction of sp³-hybridized carbons (Fsp3) is 0.909. The molecule has 0 unspecified atom stereocenters. The van der Waals surface area contributed by atoms with Gasteiger partial charge in [-0.25, -0.2) is 0 Å². The Morgan fingerprint density at radius 1 is 1.41 bits per heavy atom. The highest BCUT2D eigenvalue weighted by Gasteiger charge is 2.06. The van der Waals surface area contributed by atoms with Gasteiger partial charge in [-0.15, -0.1) is 0 Å². The maximum absolute atomic E-state index is 8.49. The summed E-state index contributed by atoms with van der Waals surface area (Å²) in [4.78, 5) is 2.27. The molecule has 0 aromatic heterocycles. The number of nitrogens with two attached hydrogens (primary N) is 1. The van der Waals surface area contributed by atoms with E-state index in [4.69, 9.17) is 15.7 Å². The van der Waals surface area contributed by atoms with Crippen molar-refractivity contribution < 1.29 is 9.94 Å². The maximum Gasteiger partial charge on any atom is 0.140 e. The molecule has 0 fully saturated rings. The molecule has 0 aliphatic carbocycles. The third kappa shape index (κ3) is 10.4. The Hall–Kier alpha value is -0.460. The lowest BCUT2D eigenvalue weighted by Gasteiger charge is -2.21. The third-order valence-corrected chi connectivity index (χ3v) is 3.37. The van der Waals surface area contributed by atoms with Crippen LogP contribution in [0.25, 0.3) is 0 Å². The molecule has 0 radical (unpaired) electrons. The standard InChI is InChI=1S/C11H25N3O2S/c1-10(2)17-9-7-14(6-8-16-3)5-4-11(12)13-15/h10,15H,4-9H2,1-3H3,(H2,12,13). The fourth-order valence-corrected chi connectivity index (χ4v) is 2.13. The van der Waals surface area contributed by atoms with E-state index in [1.807, 2.05) is 11.8 Å². The van der Waals surface area contributed by atoms with Gasteiger partial charge in [-0.1, -0.05) is 19.0 Å².